The van der Waals surface area contributed by atoms with E-state index in [0.29, 0.717) is 6.54 Å². The van der Waals surface area contributed by atoms with Crippen LogP contribution < -0.4 is 0 Å². The van der Waals surface area contributed by atoms with Gasteiger partial charge in [-0.25, -0.2) is 4.39 Å². The average Bonchev–Trinajstić information content (AvgIpc) is 2.37. The quantitative estimate of drug-likeness (QED) is 0.608. The van der Waals surface area contributed by atoms with E-state index >= 15 is 0 Å². The maximum Gasteiger partial charge on any atom is 0.102 e. The Morgan fingerprint density at radius 1 is 1.55 bits per heavy atom. The molecule has 0 aliphatic carbocycles. The molecule has 0 amide bonds. The second-order valence-corrected chi connectivity index (χ2v) is 3.78. The third-order valence-electron chi connectivity index (χ3n) is 2.65. The third-order valence-corrected chi connectivity index (χ3v) is 2.65. The van der Waals surface area contributed by atoms with Gasteiger partial charge >= 0.3 is 0 Å². The van der Waals surface area contributed by atoms with Crippen LogP contribution in [0.4, 0.5) is 4.39 Å². The molecule has 2 heteroatoms. The molecule has 1 nitrogen and oxygen atoms in total. The predicted molar refractivity (Wildman–Crippen MR) is 45.4 cm³/mol. The average molecular weight is 159 g/mol. The van der Waals surface area contributed by atoms with Crippen LogP contribution >= 0.6 is 0 Å². The summed E-state index contributed by atoms with van der Waals surface area (Å²) in [6, 6.07) is 0. The lowest BCUT2D eigenvalue weighted by molar-refractivity contribution is 0.275. The van der Waals surface area contributed by atoms with Crippen molar-refractivity contribution in [3.05, 3.63) is 0 Å². The van der Waals surface area contributed by atoms with Gasteiger partial charge in [0.15, 0.2) is 0 Å². The molecule has 0 unspecified atom stereocenters. The Kier molecular flexibility index (Phi) is 3.31. The molecule has 0 saturated carbocycles. The number of nitrogens with zero attached hydrogens (tertiary/aromatic N) is 1. The van der Waals surface area contributed by atoms with E-state index in [0.717, 1.165) is 24.9 Å². The number of likely N-dealkylation sites (tertiary alicyclic amines) is 1. The Morgan fingerprint density at radius 3 is 2.73 bits per heavy atom. The van der Waals surface area contributed by atoms with E-state index in [1.165, 1.54) is 6.42 Å². The van der Waals surface area contributed by atoms with Crippen molar-refractivity contribution in [3.8, 4) is 0 Å². The summed E-state index contributed by atoms with van der Waals surface area (Å²) in [5.74, 6) is 1.57. The second-order valence-electron chi connectivity index (χ2n) is 3.78. The zero-order valence-corrected chi connectivity index (χ0v) is 7.52. The molecule has 0 spiro atoms. The Bertz CT molecular complexity index is 114. The van der Waals surface area contributed by atoms with Crippen LogP contribution in [0.1, 0.15) is 20.3 Å². The summed E-state index contributed by atoms with van der Waals surface area (Å²) in [6.07, 6.45) is 1.26. The van der Waals surface area contributed by atoms with Gasteiger partial charge in [-0.3, -0.25) is 0 Å². The van der Waals surface area contributed by atoms with E-state index in [-0.39, 0.29) is 6.67 Å². The molecule has 1 fully saturated rings. The molecule has 0 bridgehead atoms. The molecule has 1 aliphatic rings. The molecule has 0 aromatic rings. The van der Waals surface area contributed by atoms with Crippen molar-refractivity contribution in [2.75, 3.05) is 26.3 Å². The number of hydrogen-bond donors (Lipinski definition) is 0. The molecule has 0 radical (unpaired) electrons. The summed E-state index contributed by atoms with van der Waals surface area (Å²) in [4.78, 5) is 2.23. The number of hydrogen-bond acceptors (Lipinski definition) is 1. The smallest absolute Gasteiger partial charge is 0.102 e. The van der Waals surface area contributed by atoms with Gasteiger partial charge in [0.25, 0.3) is 0 Å². The molecule has 11 heavy (non-hydrogen) atoms. The molecule has 66 valence electrons. The summed E-state index contributed by atoms with van der Waals surface area (Å²) in [5, 5.41) is 0. The van der Waals surface area contributed by atoms with E-state index in [1.54, 1.807) is 0 Å². The summed E-state index contributed by atoms with van der Waals surface area (Å²) in [5.41, 5.74) is 0. The molecule has 1 saturated heterocycles. The fraction of sp³-hybridized carbons (Fsp3) is 1.00. The molecule has 0 N–H and O–H groups in total. The van der Waals surface area contributed by atoms with Gasteiger partial charge in [0.1, 0.15) is 6.67 Å². The monoisotopic (exact) mass is 159 g/mol. The van der Waals surface area contributed by atoms with Crippen molar-refractivity contribution in [3.63, 3.8) is 0 Å². The van der Waals surface area contributed by atoms with Crippen molar-refractivity contribution >= 4 is 0 Å². The van der Waals surface area contributed by atoms with E-state index in [9.17, 15) is 4.39 Å². The van der Waals surface area contributed by atoms with Crippen molar-refractivity contribution in [1.29, 1.82) is 0 Å². The van der Waals surface area contributed by atoms with Crippen LogP contribution in [0, 0.1) is 11.8 Å². The highest BCUT2D eigenvalue weighted by Gasteiger charge is 2.23. The molecule has 0 aromatic carbocycles. The van der Waals surface area contributed by atoms with E-state index in [2.05, 4.69) is 18.7 Å². The zero-order valence-electron chi connectivity index (χ0n) is 7.52. The standard InChI is InChI=1S/C9H18FN/c1-8(2)9-3-5-11(7-9)6-4-10/h8-9H,3-7H2,1-2H3/t9-/m0/s1. The van der Waals surface area contributed by atoms with Gasteiger partial charge in [-0.2, -0.15) is 0 Å². The number of halogens is 1. The van der Waals surface area contributed by atoms with Crippen molar-refractivity contribution in [1.82, 2.24) is 4.90 Å². The maximum absolute atomic E-state index is 11.9. The largest absolute Gasteiger partial charge is 0.300 e. The Morgan fingerprint density at radius 2 is 2.27 bits per heavy atom. The molecular weight excluding hydrogens is 141 g/mol. The van der Waals surface area contributed by atoms with Crippen LogP contribution in [0.2, 0.25) is 0 Å². The second kappa shape index (κ2) is 4.05. The molecule has 1 atom stereocenters. The fourth-order valence-electron chi connectivity index (χ4n) is 1.73. The van der Waals surface area contributed by atoms with Crippen LogP contribution in [0.5, 0.6) is 0 Å². The molecule has 1 aliphatic heterocycles. The molecule has 1 rings (SSSR count). The Balaban J connectivity index is 2.23. The zero-order chi connectivity index (χ0) is 8.27. The summed E-state index contributed by atoms with van der Waals surface area (Å²) >= 11 is 0. The van der Waals surface area contributed by atoms with Gasteiger partial charge in [-0.1, -0.05) is 13.8 Å². The van der Waals surface area contributed by atoms with Gasteiger partial charge < -0.3 is 4.90 Å². The number of alkyl halides is 1. The summed E-state index contributed by atoms with van der Waals surface area (Å²) < 4.78 is 11.9. The Labute approximate surface area is 68.6 Å². The third kappa shape index (κ3) is 2.44. The molecular formula is C9H18FN. The predicted octanol–water partition coefficient (Wildman–Crippen LogP) is 1.93. The van der Waals surface area contributed by atoms with Crippen LogP contribution in [0.15, 0.2) is 0 Å². The minimum absolute atomic E-state index is 0.190. The minimum atomic E-state index is -0.190. The van der Waals surface area contributed by atoms with E-state index in [1.807, 2.05) is 0 Å². The highest BCUT2D eigenvalue weighted by atomic mass is 19.1. The SMILES string of the molecule is CC(C)[C@H]1CCN(CCF)C1. The van der Waals surface area contributed by atoms with Crippen LogP contribution in [-0.4, -0.2) is 31.2 Å². The van der Waals surface area contributed by atoms with E-state index < -0.39 is 0 Å². The van der Waals surface area contributed by atoms with Crippen LogP contribution in [-0.2, 0) is 0 Å². The lowest BCUT2D eigenvalue weighted by Crippen LogP contribution is -2.24. The first-order chi connectivity index (χ1) is 5.24. The first kappa shape index (κ1) is 8.98. The first-order valence-corrected chi connectivity index (χ1v) is 4.52. The molecule has 1 heterocycles. The highest BCUT2D eigenvalue weighted by molar-refractivity contribution is 4.77. The van der Waals surface area contributed by atoms with E-state index in [4.69, 9.17) is 0 Å². The fourth-order valence-corrected chi connectivity index (χ4v) is 1.73. The minimum Gasteiger partial charge on any atom is -0.300 e. The van der Waals surface area contributed by atoms with Crippen LogP contribution in [0.25, 0.3) is 0 Å². The lowest BCUT2D eigenvalue weighted by atomic mass is 9.95. The number of rotatable bonds is 3. The summed E-state index contributed by atoms with van der Waals surface area (Å²) in [6.45, 7) is 7.18. The normalized spacial score (nSPS) is 26.7. The molecule has 0 aromatic heterocycles. The topological polar surface area (TPSA) is 3.24 Å². The van der Waals surface area contributed by atoms with Gasteiger partial charge in [-0.05, 0) is 24.8 Å². The van der Waals surface area contributed by atoms with Crippen molar-refractivity contribution in [2.24, 2.45) is 11.8 Å². The summed E-state index contributed by atoms with van der Waals surface area (Å²) in [7, 11) is 0. The van der Waals surface area contributed by atoms with Gasteiger partial charge in [0.2, 0.25) is 0 Å². The first-order valence-electron chi connectivity index (χ1n) is 4.52. The van der Waals surface area contributed by atoms with Crippen molar-refractivity contribution in [2.45, 2.75) is 20.3 Å². The Hall–Kier alpha value is -0.110. The lowest BCUT2D eigenvalue weighted by Gasteiger charge is -2.15. The van der Waals surface area contributed by atoms with Gasteiger partial charge in [0, 0.05) is 13.1 Å². The van der Waals surface area contributed by atoms with Crippen molar-refractivity contribution < 1.29 is 4.39 Å². The van der Waals surface area contributed by atoms with Crippen LogP contribution in [0.3, 0.4) is 0 Å². The highest BCUT2D eigenvalue weighted by Crippen LogP contribution is 2.22. The van der Waals surface area contributed by atoms with Gasteiger partial charge in [-0.15, -0.1) is 0 Å². The maximum atomic E-state index is 11.9. The van der Waals surface area contributed by atoms with Gasteiger partial charge in [0.05, 0.1) is 0 Å².